The number of benzene rings is 1. The second kappa shape index (κ2) is 5.71. The van der Waals surface area contributed by atoms with Crippen molar-refractivity contribution in [1.29, 1.82) is 0 Å². The van der Waals surface area contributed by atoms with Crippen LogP contribution in [-0.4, -0.2) is 30.1 Å². The fourth-order valence-corrected chi connectivity index (χ4v) is 2.76. The number of hydrogen-bond acceptors (Lipinski definition) is 1. The lowest BCUT2D eigenvalue weighted by atomic mass is 9.96. The SMILES string of the molecule is O=C(c1ccc(F)cc1Br)N1CCC(C(F)(F)F)CC1. The summed E-state index contributed by atoms with van der Waals surface area (Å²) in [5.74, 6) is -2.20. The van der Waals surface area contributed by atoms with Gasteiger partial charge >= 0.3 is 6.18 Å². The summed E-state index contributed by atoms with van der Waals surface area (Å²) in [4.78, 5) is 13.6. The molecule has 0 saturated carbocycles. The summed E-state index contributed by atoms with van der Waals surface area (Å²) in [7, 11) is 0. The van der Waals surface area contributed by atoms with Crippen molar-refractivity contribution in [3.63, 3.8) is 0 Å². The van der Waals surface area contributed by atoms with Gasteiger partial charge in [-0.1, -0.05) is 0 Å². The first-order valence-corrected chi connectivity index (χ1v) is 6.89. The highest BCUT2D eigenvalue weighted by Gasteiger charge is 2.41. The monoisotopic (exact) mass is 353 g/mol. The Hall–Kier alpha value is -1.11. The van der Waals surface area contributed by atoms with E-state index in [0.717, 1.165) is 12.1 Å². The molecule has 0 aromatic heterocycles. The number of rotatable bonds is 1. The molecule has 1 heterocycles. The lowest BCUT2D eigenvalue weighted by Gasteiger charge is -2.33. The van der Waals surface area contributed by atoms with Crippen molar-refractivity contribution in [3.8, 4) is 0 Å². The fraction of sp³-hybridized carbons (Fsp3) is 0.462. The third-order valence-corrected chi connectivity index (χ3v) is 4.06. The first kappa shape index (κ1) is 15.3. The van der Waals surface area contributed by atoms with Crippen LogP contribution in [0.5, 0.6) is 0 Å². The quantitative estimate of drug-likeness (QED) is 0.698. The molecule has 1 aromatic carbocycles. The normalized spacial score (nSPS) is 17.4. The zero-order valence-corrected chi connectivity index (χ0v) is 12.0. The number of carbonyl (C=O) groups excluding carboxylic acids is 1. The molecule has 0 bridgehead atoms. The molecule has 0 unspecified atom stereocenters. The van der Waals surface area contributed by atoms with Crippen LogP contribution in [0.3, 0.4) is 0 Å². The first-order valence-electron chi connectivity index (χ1n) is 6.10. The van der Waals surface area contributed by atoms with Gasteiger partial charge in [-0.15, -0.1) is 0 Å². The lowest BCUT2D eigenvalue weighted by molar-refractivity contribution is -0.183. The largest absolute Gasteiger partial charge is 0.391 e. The van der Waals surface area contributed by atoms with Gasteiger partial charge in [-0.3, -0.25) is 4.79 Å². The predicted octanol–water partition coefficient (Wildman–Crippen LogP) is 4.00. The summed E-state index contributed by atoms with van der Waals surface area (Å²) in [5.41, 5.74) is 0.261. The molecular formula is C13H12BrF4NO. The maximum atomic E-state index is 13.0. The molecule has 20 heavy (non-hydrogen) atoms. The third kappa shape index (κ3) is 3.31. The van der Waals surface area contributed by atoms with Gasteiger partial charge in [0, 0.05) is 17.6 Å². The Morgan fingerprint density at radius 2 is 1.85 bits per heavy atom. The van der Waals surface area contributed by atoms with E-state index in [4.69, 9.17) is 0 Å². The van der Waals surface area contributed by atoms with Crippen LogP contribution in [0, 0.1) is 11.7 Å². The van der Waals surface area contributed by atoms with E-state index in [-0.39, 0.29) is 37.4 Å². The van der Waals surface area contributed by atoms with Gasteiger partial charge in [0.1, 0.15) is 5.82 Å². The van der Waals surface area contributed by atoms with Crippen LogP contribution < -0.4 is 0 Å². The molecule has 0 spiro atoms. The second-order valence-electron chi connectivity index (χ2n) is 4.73. The molecule has 2 rings (SSSR count). The molecule has 7 heteroatoms. The standard InChI is InChI=1S/C13H12BrF4NO/c14-11-7-9(15)1-2-10(11)12(20)19-5-3-8(4-6-19)13(16,17)18/h1-2,7-8H,3-6H2. The highest BCUT2D eigenvalue weighted by Crippen LogP contribution is 2.34. The maximum Gasteiger partial charge on any atom is 0.391 e. The highest BCUT2D eigenvalue weighted by molar-refractivity contribution is 9.10. The minimum Gasteiger partial charge on any atom is -0.339 e. The van der Waals surface area contributed by atoms with E-state index >= 15 is 0 Å². The Labute approximate surface area is 121 Å². The van der Waals surface area contributed by atoms with E-state index in [1.165, 1.54) is 11.0 Å². The average Bonchev–Trinajstić information content (AvgIpc) is 2.37. The summed E-state index contributed by atoms with van der Waals surface area (Å²) >= 11 is 3.09. The number of amides is 1. The van der Waals surface area contributed by atoms with E-state index in [1.54, 1.807) is 0 Å². The molecule has 0 radical (unpaired) electrons. The first-order chi connectivity index (χ1) is 9.29. The lowest BCUT2D eigenvalue weighted by Crippen LogP contribution is -2.42. The van der Waals surface area contributed by atoms with E-state index in [9.17, 15) is 22.4 Å². The van der Waals surface area contributed by atoms with E-state index in [1.807, 2.05) is 0 Å². The molecular weight excluding hydrogens is 342 g/mol. The van der Waals surface area contributed by atoms with Gasteiger partial charge in [0.05, 0.1) is 11.5 Å². The molecule has 1 aliphatic rings. The molecule has 1 amide bonds. The molecule has 0 N–H and O–H groups in total. The van der Waals surface area contributed by atoms with Crippen LogP contribution in [-0.2, 0) is 0 Å². The van der Waals surface area contributed by atoms with Gasteiger partial charge in [0.15, 0.2) is 0 Å². The van der Waals surface area contributed by atoms with Crippen LogP contribution in [0.15, 0.2) is 22.7 Å². The van der Waals surface area contributed by atoms with Gasteiger partial charge in [-0.25, -0.2) is 4.39 Å². The number of piperidine rings is 1. The number of hydrogen-bond donors (Lipinski definition) is 0. The number of nitrogens with zero attached hydrogens (tertiary/aromatic N) is 1. The summed E-state index contributed by atoms with van der Waals surface area (Å²) in [6, 6.07) is 3.65. The predicted molar refractivity (Wildman–Crippen MR) is 68.8 cm³/mol. The average molecular weight is 354 g/mol. The molecule has 110 valence electrons. The van der Waals surface area contributed by atoms with Crippen molar-refractivity contribution in [2.24, 2.45) is 5.92 Å². The Morgan fingerprint density at radius 1 is 1.25 bits per heavy atom. The van der Waals surface area contributed by atoms with Crippen molar-refractivity contribution >= 4 is 21.8 Å². The molecule has 1 aromatic rings. The van der Waals surface area contributed by atoms with Crippen molar-refractivity contribution < 1.29 is 22.4 Å². The summed E-state index contributed by atoms with van der Waals surface area (Å²) in [5, 5.41) is 0. The second-order valence-corrected chi connectivity index (χ2v) is 5.59. The molecule has 1 fully saturated rings. The van der Waals surface area contributed by atoms with Crippen molar-refractivity contribution in [2.45, 2.75) is 19.0 Å². The van der Waals surface area contributed by atoms with Gasteiger partial charge in [0.2, 0.25) is 0 Å². The Balaban J connectivity index is 2.05. The van der Waals surface area contributed by atoms with Gasteiger partial charge in [0.25, 0.3) is 5.91 Å². The van der Waals surface area contributed by atoms with Crippen LogP contribution in [0.25, 0.3) is 0 Å². The smallest absolute Gasteiger partial charge is 0.339 e. The number of likely N-dealkylation sites (tertiary alicyclic amines) is 1. The topological polar surface area (TPSA) is 20.3 Å². The summed E-state index contributed by atoms with van der Waals surface area (Å²) in [6.07, 6.45) is -4.38. The van der Waals surface area contributed by atoms with E-state index in [2.05, 4.69) is 15.9 Å². The Kier molecular flexibility index (Phi) is 4.36. The van der Waals surface area contributed by atoms with E-state index in [0.29, 0.717) is 4.47 Å². The van der Waals surface area contributed by atoms with E-state index < -0.39 is 17.9 Å². The fourth-order valence-electron chi connectivity index (χ4n) is 2.24. The molecule has 2 nitrogen and oxygen atoms in total. The zero-order chi connectivity index (χ0) is 14.9. The number of alkyl halides is 3. The molecule has 0 aliphatic carbocycles. The van der Waals surface area contributed by atoms with Crippen LogP contribution in [0.1, 0.15) is 23.2 Å². The van der Waals surface area contributed by atoms with Crippen LogP contribution in [0.2, 0.25) is 0 Å². The number of halogens is 5. The van der Waals surface area contributed by atoms with Crippen LogP contribution in [0.4, 0.5) is 17.6 Å². The minimum absolute atomic E-state index is 0.0623. The van der Waals surface area contributed by atoms with Gasteiger partial charge < -0.3 is 4.90 Å². The summed E-state index contributed by atoms with van der Waals surface area (Å²) in [6.45, 7) is 0.125. The van der Waals surface area contributed by atoms with Gasteiger partial charge in [-0.2, -0.15) is 13.2 Å². The highest BCUT2D eigenvalue weighted by atomic mass is 79.9. The summed E-state index contributed by atoms with van der Waals surface area (Å²) < 4.78 is 50.9. The van der Waals surface area contributed by atoms with Crippen molar-refractivity contribution in [2.75, 3.05) is 13.1 Å². The Bertz CT molecular complexity index is 510. The van der Waals surface area contributed by atoms with Crippen molar-refractivity contribution in [3.05, 3.63) is 34.1 Å². The molecule has 1 saturated heterocycles. The zero-order valence-electron chi connectivity index (χ0n) is 10.4. The molecule has 0 atom stereocenters. The van der Waals surface area contributed by atoms with Crippen molar-refractivity contribution in [1.82, 2.24) is 4.90 Å². The minimum atomic E-state index is -4.20. The maximum absolute atomic E-state index is 13.0. The van der Waals surface area contributed by atoms with Crippen LogP contribution >= 0.6 is 15.9 Å². The molecule has 1 aliphatic heterocycles. The van der Waals surface area contributed by atoms with Gasteiger partial charge in [-0.05, 0) is 47.0 Å². The Morgan fingerprint density at radius 3 is 2.35 bits per heavy atom. The third-order valence-electron chi connectivity index (χ3n) is 3.41. The number of carbonyl (C=O) groups is 1.